The summed E-state index contributed by atoms with van der Waals surface area (Å²) in [7, 11) is 0. The van der Waals surface area contributed by atoms with Crippen LogP contribution in [-0.2, 0) is 6.42 Å². The largest absolute Gasteiger partial charge is 0.308 e. The topological polar surface area (TPSA) is 17.3 Å². The second-order valence-electron chi connectivity index (χ2n) is 10.8. The van der Waals surface area contributed by atoms with E-state index in [1.54, 1.807) is 0 Å². The maximum absolute atomic E-state index is 4.93. The number of pyridine rings is 2. The van der Waals surface area contributed by atoms with Crippen LogP contribution in [0.4, 0.5) is 0 Å². The first-order valence-electron chi connectivity index (χ1n) is 11.8. The molecule has 2 nitrogen and oxygen atoms in total. The van der Waals surface area contributed by atoms with Crippen molar-refractivity contribution in [3.05, 3.63) is 84.1 Å². The summed E-state index contributed by atoms with van der Waals surface area (Å²) in [5, 5.41) is 9.01. The van der Waals surface area contributed by atoms with Gasteiger partial charge in [0.05, 0.1) is 22.1 Å². The number of nitrogens with zero attached hydrogens (tertiary/aromatic N) is 2. The van der Waals surface area contributed by atoms with Crippen molar-refractivity contribution in [3.63, 3.8) is 0 Å². The molecule has 160 valence electrons. The van der Waals surface area contributed by atoms with Gasteiger partial charge in [0.25, 0.3) is 0 Å². The molecule has 0 fully saturated rings. The number of aromatic nitrogens is 2. The minimum atomic E-state index is 0.259. The van der Waals surface area contributed by atoms with Crippen molar-refractivity contribution in [2.75, 3.05) is 0 Å². The molecule has 2 heteroatoms. The first kappa shape index (κ1) is 18.9. The molecule has 0 spiro atoms. The van der Waals surface area contributed by atoms with Crippen molar-refractivity contribution in [1.82, 2.24) is 9.38 Å². The molecular formula is C31H26N2. The summed E-state index contributed by atoms with van der Waals surface area (Å²) in [6, 6.07) is 25.0. The normalized spacial score (nSPS) is 13.0. The van der Waals surface area contributed by atoms with Crippen molar-refractivity contribution >= 4 is 59.8 Å². The zero-order valence-corrected chi connectivity index (χ0v) is 19.5. The molecule has 0 unspecified atom stereocenters. The van der Waals surface area contributed by atoms with Gasteiger partial charge in [-0.05, 0) is 76.4 Å². The Labute approximate surface area is 192 Å². The lowest BCUT2D eigenvalue weighted by Gasteiger charge is -2.19. The first-order chi connectivity index (χ1) is 15.9. The smallest absolute Gasteiger partial charge is 0.0823 e. The quantitative estimate of drug-likeness (QED) is 0.190. The van der Waals surface area contributed by atoms with Gasteiger partial charge in [-0.2, -0.15) is 0 Å². The Morgan fingerprint density at radius 3 is 2.42 bits per heavy atom. The molecule has 7 rings (SSSR count). The highest BCUT2D eigenvalue weighted by Gasteiger charge is 2.20. The van der Waals surface area contributed by atoms with Gasteiger partial charge in [-0.15, -0.1) is 0 Å². The van der Waals surface area contributed by atoms with Crippen LogP contribution in [0.3, 0.4) is 0 Å². The van der Waals surface area contributed by atoms with E-state index in [4.69, 9.17) is 4.98 Å². The molecule has 0 aliphatic rings. The fourth-order valence-corrected chi connectivity index (χ4v) is 5.92. The van der Waals surface area contributed by atoms with Gasteiger partial charge in [0.2, 0.25) is 0 Å². The minimum Gasteiger partial charge on any atom is -0.308 e. The van der Waals surface area contributed by atoms with Crippen molar-refractivity contribution in [2.45, 2.75) is 34.1 Å². The minimum absolute atomic E-state index is 0.259. The Hall–Kier alpha value is -3.65. The molecule has 33 heavy (non-hydrogen) atoms. The summed E-state index contributed by atoms with van der Waals surface area (Å²) >= 11 is 0. The number of fused-ring (bicyclic) bond motifs is 7. The van der Waals surface area contributed by atoms with Crippen LogP contribution in [0, 0.1) is 12.3 Å². The number of hydrogen-bond donors (Lipinski definition) is 0. The molecular weight excluding hydrogens is 400 g/mol. The summed E-state index contributed by atoms with van der Waals surface area (Å²) in [5.74, 6) is 0. The van der Waals surface area contributed by atoms with Gasteiger partial charge >= 0.3 is 0 Å². The third-order valence-corrected chi connectivity index (χ3v) is 7.05. The van der Waals surface area contributed by atoms with Gasteiger partial charge in [0.15, 0.2) is 0 Å². The fraction of sp³-hybridized carbons (Fsp3) is 0.194. The number of rotatable bonds is 1. The molecule has 3 aromatic heterocycles. The fourth-order valence-electron chi connectivity index (χ4n) is 5.92. The van der Waals surface area contributed by atoms with Crippen molar-refractivity contribution in [1.29, 1.82) is 0 Å². The van der Waals surface area contributed by atoms with Crippen LogP contribution in [0.2, 0.25) is 0 Å². The van der Waals surface area contributed by atoms with Crippen LogP contribution in [0.25, 0.3) is 59.8 Å². The summed E-state index contributed by atoms with van der Waals surface area (Å²) in [6.45, 7) is 9.11. The van der Waals surface area contributed by atoms with Crippen LogP contribution in [-0.4, -0.2) is 9.38 Å². The summed E-state index contributed by atoms with van der Waals surface area (Å²) in [5.41, 5.74) is 7.82. The third kappa shape index (κ3) is 2.58. The van der Waals surface area contributed by atoms with Gasteiger partial charge < -0.3 is 4.40 Å². The molecule has 0 saturated carbocycles. The Balaban J connectivity index is 1.76. The first-order valence-corrected chi connectivity index (χ1v) is 11.8. The third-order valence-electron chi connectivity index (χ3n) is 7.05. The standard InChI is InChI=1S/C31H26N2/c1-18-13-24-22-7-5-6-8-26(22)33-27-16-20-15-19(17-31(2,3)4)9-10-21(20)23-11-12-32-29(28(23)27)25(14-18)30(24)33/h5-16H,17H2,1-4H3. The van der Waals surface area contributed by atoms with E-state index in [-0.39, 0.29) is 5.41 Å². The summed E-state index contributed by atoms with van der Waals surface area (Å²) in [6.07, 6.45) is 3.05. The van der Waals surface area contributed by atoms with Crippen LogP contribution in [0.5, 0.6) is 0 Å². The van der Waals surface area contributed by atoms with E-state index in [1.807, 2.05) is 6.20 Å². The molecule has 0 bridgehead atoms. The highest BCUT2D eigenvalue weighted by molar-refractivity contribution is 6.29. The number of hydrogen-bond acceptors (Lipinski definition) is 1. The average molecular weight is 427 g/mol. The molecule has 0 atom stereocenters. The van der Waals surface area contributed by atoms with Crippen molar-refractivity contribution in [3.8, 4) is 0 Å². The van der Waals surface area contributed by atoms with Crippen LogP contribution in [0.1, 0.15) is 31.9 Å². The van der Waals surface area contributed by atoms with E-state index in [0.717, 1.165) is 11.9 Å². The molecule has 0 aliphatic heterocycles. The molecule has 0 radical (unpaired) electrons. The summed E-state index contributed by atoms with van der Waals surface area (Å²) in [4.78, 5) is 4.93. The van der Waals surface area contributed by atoms with Gasteiger partial charge in [-0.3, -0.25) is 4.98 Å². The monoisotopic (exact) mass is 426 g/mol. The molecule has 0 saturated heterocycles. The highest BCUT2D eigenvalue weighted by Crippen LogP contribution is 2.42. The van der Waals surface area contributed by atoms with Gasteiger partial charge in [0.1, 0.15) is 0 Å². The summed E-state index contributed by atoms with van der Waals surface area (Å²) < 4.78 is 2.48. The Bertz CT molecular complexity index is 1880. The molecule has 4 aromatic carbocycles. The van der Waals surface area contributed by atoms with E-state index in [1.165, 1.54) is 65.4 Å². The molecule has 0 N–H and O–H groups in total. The molecule has 0 amide bonds. The molecule has 3 heterocycles. The predicted octanol–water partition coefficient (Wildman–Crippen LogP) is 8.44. The Morgan fingerprint density at radius 1 is 0.758 bits per heavy atom. The number of para-hydroxylation sites is 1. The van der Waals surface area contributed by atoms with Crippen LogP contribution < -0.4 is 0 Å². The van der Waals surface area contributed by atoms with Crippen molar-refractivity contribution < 1.29 is 0 Å². The van der Waals surface area contributed by atoms with E-state index >= 15 is 0 Å². The highest BCUT2D eigenvalue weighted by atomic mass is 14.9. The van der Waals surface area contributed by atoms with Crippen molar-refractivity contribution in [2.24, 2.45) is 5.41 Å². The maximum Gasteiger partial charge on any atom is 0.0823 e. The van der Waals surface area contributed by atoms with E-state index in [9.17, 15) is 0 Å². The Morgan fingerprint density at radius 2 is 1.58 bits per heavy atom. The molecule has 0 aliphatic carbocycles. The lowest BCUT2D eigenvalue weighted by Crippen LogP contribution is -2.08. The second-order valence-corrected chi connectivity index (χ2v) is 10.8. The lowest BCUT2D eigenvalue weighted by molar-refractivity contribution is 0.411. The molecule has 7 aromatic rings. The zero-order chi connectivity index (χ0) is 22.5. The second kappa shape index (κ2) is 6.23. The predicted molar refractivity (Wildman–Crippen MR) is 142 cm³/mol. The number of aryl methyl sites for hydroxylation is 1. The van der Waals surface area contributed by atoms with Gasteiger partial charge in [-0.1, -0.05) is 57.2 Å². The maximum atomic E-state index is 4.93. The average Bonchev–Trinajstić information content (AvgIpc) is 3.10. The zero-order valence-electron chi connectivity index (χ0n) is 19.5. The van der Waals surface area contributed by atoms with E-state index in [0.29, 0.717) is 0 Å². The van der Waals surface area contributed by atoms with Crippen LogP contribution in [0.15, 0.2) is 72.9 Å². The number of benzene rings is 4. The van der Waals surface area contributed by atoms with Gasteiger partial charge in [0, 0.05) is 27.7 Å². The van der Waals surface area contributed by atoms with Gasteiger partial charge in [-0.25, -0.2) is 0 Å². The van der Waals surface area contributed by atoms with E-state index in [2.05, 4.69) is 98.8 Å². The lowest BCUT2D eigenvalue weighted by atomic mass is 9.87. The SMILES string of the molecule is Cc1cc2c3ccccc3n3c4cc5cc(CC(C)(C)C)ccc5c5ccnc(c(c1)c23)c54. The van der Waals surface area contributed by atoms with E-state index < -0.39 is 0 Å². The van der Waals surface area contributed by atoms with Crippen LogP contribution >= 0.6 is 0 Å². The Kier molecular flexibility index (Phi) is 3.56.